The molecule has 40 heavy (non-hydrogen) atoms. The number of rotatable bonds is 8. The lowest BCUT2D eigenvalue weighted by molar-refractivity contribution is -0.122. The van der Waals surface area contributed by atoms with Crippen molar-refractivity contribution in [2.75, 3.05) is 23.9 Å². The second-order valence-corrected chi connectivity index (χ2v) is 9.79. The first-order valence-corrected chi connectivity index (χ1v) is 12.9. The molecule has 3 aromatic carbocycles. The molecule has 3 N–H and O–H groups in total. The summed E-state index contributed by atoms with van der Waals surface area (Å²) in [5, 5.41) is 14.3. The number of aromatic carboxylic acids is 1. The van der Waals surface area contributed by atoms with Gasteiger partial charge in [-0.2, -0.15) is 0 Å². The third kappa shape index (κ3) is 6.35. The summed E-state index contributed by atoms with van der Waals surface area (Å²) < 4.78 is 11.5. The van der Waals surface area contributed by atoms with Crippen molar-refractivity contribution >= 4 is 74.4 Å². The van der Waals surface area contributed by atoms with Crippen molar-refractivity contribution in [2.45, 2.75) is 6.92 Å². The van der Waals surface area contributed by atoms with Gasteiger partial charge in [0.15, 0.2) is 23.2 Å². The highest BCUT2D eigenvalue weighted by atomic mass is 79.9. The third-order valence-corrected chi connectivity index (χ3v) is 6.57. The predicted octanol–water partition coefficient (Wildman–Crippen LogP) is 4.31. The number of carboxylic acids is 1. The van der Waals surface area contributed by atoms with Crippen molar-refractivity contribution in [1.82, 2.24) is 5.32 Å². The Bertz CT molecular complexity index is 1570. The fraction of sp³-hybridized carbons (Fsp3) is 0.107. The molecule has 204 valence electrons. The highest BCUT2D eigenvalue weighted by Crippen LogP contribution is 2.37. The van der Waals surface area contributed by atoms with E-state index in [2.05, 4.69) is 26.6 Å². The van der Waals surface area contributed by atoms with Crippen LogP contribution in [0.3, 0.4) is 0 Å². The van der Waals surface area contributed by atoms with E-state index in [1.807, 2.05) is 19.1 Å². The maximum atomic E-state index is 13.3. The molecule has 1 aliphatic heterocycles. The van der Waals surface area contributed by atoms with Crippen molar-refractivity contribution in [3.8, 4) is 11.5 Å². The van der Waals surface area contributed by atoms with Crippen molar-refractivity contribution in [3.63, 3.8) is 0 Å². The molecular weight excluding hydrogens is 602 g/mol. The van der Waals surface area contributed by atoms with E-state index < -0.39 is 17.8 Å². The van der Waals surface area contributed by atoms with Gasteiger partial charge in [-0.15, -0.1) is 0 Å². The topological polar surface area (TPSA) is 134 Å². The van der Waals surface area contributed by atoms with Gasteiger partial charge in [-0.1, -0.05) is 23.8 Å². The first-order valence-electron chi connectivity index (χ1n) is 11.7. The van der Waals surface area contributed by atoms with Crippen LogP contribution in [0.4, 0.5) is 11.4 Å². The Kier molecular flexibility index (Phi) is 8.61. The van der Waals surface area contributed by atoms with E-state index in [9.17, 15) is 24.3 Å². The Morgan fingerprint density at radius 1 is 1.12 bits per heavy atom. The number of aryl methyl sites for hydroxylation is 1. The molecule has 3 aromatic rings. The zero-order chi connectivity index (χ0) is 29.0. The molecule has 0 bridgehead atoms. The van der Waals surface area contributed by atoms with Gasteiger partial charge in [-0.25, -0.2) is 4.79 Å². The monoisotopic (exact) mass is 623 g/mol. The molecule has 1 fully saturated rings. The van der Waals surface area contributed by atoms with Crippen LogP contribution in [0.5, 0.6) is 11.5 Å². The number of nitrogens with zero attached hydrogens (tertiary/aromatic N) is 1. The van der Waals surface area contributed by atoms with E-state index in [1.165, 1.54) is 43.5 Å². The minimum Gasteiger partial charge on any atom is -0.493 e. The number of benzene rings is 3. The highest BCUT2D eigenvalue weighted by molar-refractivity contribution is 9.10. The normalized spacial score (nSPS) is 14.1. The molecule has 0 radical (unpaired) electrons. The van der Waals surface area contributed by atoms with Crippen LogP contribution in [-0.4, -0.2) is 47.6 Å². The van der Waals surface area contributed by atoms with E-state index in [-0.39, 0.29) is 45.9 Å². The van der Waals surface area contributed by atoms with Crippen LogP contribution in [0.1, 0.15) is 21.5 Å². The van der Waals surface area contributed by atoms with Crippen LogP contribution in [0, 0.1) is 6.92 Å². The quantitative estimate of drug-likeness (QED) is 0.192. The standard InChI is InChI=1S/C28H22BrN3O7S/c1-15-6-8-18(9-7-15)30-23(33)14-39-24-21(29)11-16(12-22(24)38-2)10-20-25(34)31-28(40)32(26(20)35)19-5-3-4-17(13-19)27(36)37/h3-13H,14H2,1-2H3,(H,30,33)(H,36,37)(H,31,34,40). The predicted molar refractivity (Wildman–Crippen MR) is 156 cm³/mol. The summed E-state index contributed by atoms with van der Waals surface area (Å²) in [7, 11) is 1.41. The number of carboxylic acid groups (broad SMARTS) is 1. The van der Waals surface area contributed by atoms with Gasteiger partial charge >= 0.3 is 5.97 Å². The maximum Gasteiger partial charge on any atom is 0.335 e. The van der Waals surface area contributed by atoms with Gasteiger partial charge in [0.1, 0.15) is 5.57 Å². The van der Waals surface area contributed by atoms with Crippen LogP contribution in [0.15, 0.2) is 70.7 Å². The van der Waals surface area contributed by atoms with Gasteiger partial charge in [0.25, 0.3) is 17.7 Å². The van der Waals surface area contributed by atoms with Crippen molar-refractivity contribution < 1.29 is 33.8 Å². The number of ether oxygens (including phenoxy) is 2. The second kappa shape index (κ2) is 12.1. The van der Waals surface area contributed by atoms with E-state index in [4.69, 9.17) is 21.7 Å². The van der Waals surface area contributed by atoms with Crippen molar-refractivity contribution in [1.29, 1.82) is 0 Å². The number of nitrogens with one attached hydrogen (secondary N) is 2. The van der Waals surface area contributed by atoms with Gasteiger partial charge in [0, 0.05) is 5.69 Å². The molecular formula is C28H22BrN3O7S. The fourth-order valence-corrected chi connectivity index (χ4v) is 4.63. The van der Waals surface area contributed by atoms with E-state index in [0.29, 0.717) is 15.7 Å². The third-order valence-electron chi connectivity index (χ3n) is 5.70. The summed E-state index contributed by atoms with van der Waals surface area (Å²) >= 11 is 8.59. The lowest BCUT2D eigenvalue weighted by Gasteiger charge is -2.29. The Morgan fingerprint density at radius 3 is 2.52 bits per heavy atom. The van der Waals surface area contributed by atoms with Crippen LogP contribution >= 0.6 is 28.1 Å². The number of carbonyl (C=O) groups excluding carboxylic acids is 3. The van der Waals surface area contributed by atoms with Gasteiger partial charge in [-0.05, 0) is 89.2 Å². The molecule has 3 amide bonds. The molecule has 0 atom stereocenters. The van der Waals surface area contributed by atoms with Crippen LogP contribution < -0.4 is 25.0 Å². The number of methoxy groups -OCH3 is 1. The maximum absolute atomic E-state index is 13.3. The van der Waals surface area contributed by atoms with Gasteiger partial charge in [-0.3, -0.25) is 24.6 Å². The number of amides is 3. The fourth-order valence-electron chi connectivity index (χ4n) is 3.77. The molecule has 0 aliphatic carbocycles. The molecule has 0 saturated carbocycles. The lowest BCUT2D eigenvalue weighted by Crippen LogP contribution is -2.54. The average Bonchev–Trinajstić information content (AvgIpc) is 2.91. The molecule has 0 aromatic heterocycles. The van der Waals surface area contributed by atoms with Gasteiger partial charge in [0.2, 0.25) is 0 Å². The molecule has 1 heterocycles. The molecule has 1 aliphatic rings. The number of carbonyl (C=O) groups is 4. The minimum atomic E-state index is -1.18. The van der Waals surface area contributed by atoms with Crippen molar-refractivity contribution in [3.05, 3.63) is 87.4 Å². The molecule has 10 nitrogen and oxygen atoms in total. The number of halogens is 1. The summed E-state index contributed by atoms with van der Waals surface area (Å²) in [6, 6.07) is 16.1. The van der Waals surface area contributed by atoms with E-state index in [1.54, 1.807) is 18.2 Å². The van der Waals surface area contributed by atoms with E-state index in [0.717, 1.165) is 10.5 Å². The first kappa shape index (κ1) is 28.5. The Morgan fingerprint density at radius 2 is 1.85 bits per heavy atom. The number of hydrogen-bond donors (Lipinski definition) is 3. The molecule has 0 unspecified atom stereocenters. The summed E-state index contributed by atoms with van der Waals surface area (Å²) in [6.45, 7) is 1.64. The number of anilines is 2. The number of hydrogen-bond acceptors (Lipinski definition) is 7. The average molecular weight is 624 g/mol. The summed E-state index contributed by atoms with van der Waals surface area (Å²) in [6.07, 6.45) is 1.34. The van der Waals surface area contributed by atoms with Gasteiger partial charge in [0.05, 0.1) is 22.8 Å². The number of thiocarbonyl (C=S) groups is 1. The molecule has 0 spiro atoms. The van der Waals surface area contributed by atoms with E-state index >= 15 is 0 Å². The first-order chi connectivity index (χ1) is 19.1. The smallest absolute Gasteiger partial charge is 0.335 e. The van der Waals surface area contributed by atoms with Crippen LogP contribution in [0.25, 0.3) is 6.08 Å². The van der Waals surface area contributed by atoms with Crippen LogP contribution in [-0.2, 0) is 14.4 Å². The molecule has 12 heteroatoms. The Labute approximate surface area is 242 Å². The van der Waals surface area contributed by atoms with Crippen LogP contribution in [0.2, 0.25) is 0 Å². The van der Waals surface area contributed by atoms with Gasteiger partial charge < -0.3 is 19.9 Å². The summed E-state index contributed by atoms with van der Waals surface area (Å²) in [4.78, 5) is 50.9. The summed E-state index contributed by atoms with van der Waals surface area (Å²) in [5.74, 6) is -2.52. The van der Waals surface area contributed by atoms with Crippen molar-refractivity contribution in [2.24, 2.45) is 0 Å². The highest BCUT2D eigenvalue weighted by Gasteiger charge is 2.35. The largest absolute Gasteiger partial charge is 0.493 e. The molecule has 4 rings (SSSR count). The lowest BCUT2D eigenvalue weighted by atomic mass is 10.1. The minimum absolute atomic E-state index is 0.0488. The zero-order valence-corrected chi connectivity index (χ0v) is 23.6. The second-order valence-electron chi connectivity index (χ2n) is 8.55. The summed E-state index contributed by atoms with van der Waals surface area (Å²) in [5.41, 5.74) is 2.00. The SMILES string of the molecule is COc1cc(C=C2C(=O)NC(=S)N(c3cccc(C(=O)O)c3)C2=O)cc(Br)c1OCC(=O)Nc1ccc(C)cc1. The zero-order valence-electron chi connectivity index (χ0n) is 21.2. The Hall–Kier alpha value is -4.55. The Balaban J connectivity index is 1.57. The molecule has 1 saturated heterocycles.